The van der Waals surface area contributed by atoms with Crippen molar-refractivity contribution in [2.45, 2.75) is 13.1 Å². The van der Waals surface area contributed by atoms with E-state index in [1.165, 1.54) is 6.92 Å². The molecule has 1 aromatic rings. The predicted molar refractivity (Wildman–Crippen MR) is 52.4 cm³/mol. The van der Waals surface area contributed by atoms with Gasteiger partial charge in [-0.25, -0.2) is 9.18 Å². The van der Waals surface area contributed by atoms with Crippen LogP contribution in [0.25, 0.3) is 0 Å². The van der Waals surface area contributed by atoms with Crippen molar-refractivity contribution in [1.82, 2.24) is 0 Å². The maximum absolute atomic E-state index is 13.3. The Hall–Kier alpha value is -1.30. The number of benzene rings is 1. The van der Waals surface area contributed by atoms with Gasteiger partial charge in [0.25, 0.3) is 0 Å². The summed E-state index contributed by atoms with van der Waals surface area (Å²) in [6, 6.07) is 0.690. The van der Waals surface area contributed by atoms with E-state index in [0.717, 1.165) is 0 Å². The van der Waals surface area contributed by atoms with E-state index in [-0.39, 0.29) is 12.7 Å². The molecule has 0 saturated carbocycles. The first-order chi connectivity index (χ1) is 7.77. The summed E-state index contributed by atoms with van der Waals surface area (Å²) in [5.41, 5.74) is -1.95. The van der Waals surface area contributed by atoms with Crippen molar-refractivity contribution in [1.29, 1.82) is 0 Å². The van der Waals surface area contributed by atoms with Crippen LogP contribution >= 0.6 is 11.6 Å². The summed E-state index contributed by atoms with van der Waals surface area (Å²) in [4.78, 5) is 11.2. The minimum absolute atomic E-state index is 0.0321. The van der Waals surface area contributed by atoms with Crippen LogP contribution in [0.15, 0.2) is 12.1 Å². The van der Waals surface area contributed by atoms with Gasteiger partial charge in [0.2, 0.25) is 0 Å². The highest BCUT2D eigenvalue weighted by molar-refractivity contribution is 6.33. The lowest BCUT2D eigenvalue weighted by Gasteiger charge is -2.10. The van der Waals surface area contributed by atoms with Gasteiger partial charge in [-0.1, -0.05) is 11.6 Å². The SMILES string of the molecule is CCOC(=O)c1c(F)cc(C(F)(F)F)cc1Cl. The molecule has 0 amide bonds. The lowest BCUT2D eigenvalue weighted by Crippen LogP contribution is -2.11. The number of halogens is 5. The summed E-state index contributed by atoms with van der Waals surface area (Å²) >= 11 is 5.43. The zero-order valence-corrected chi connectivity index (χ0v) is 9.32. The highest BCUT2D eigenvalue weighted by atomic mass is 35.5. The number of carbonyl (C=O) groups is 1. The first-order valence-corrected chi connectivity index (χ1v) is 4.88. The van der Waals surface area contributed by atoms with E-state index < -0.39 is 34.1 Å². The van der Waals surface area contributed by atoms with Gasteiger partial charge in [0.05, 0.1) is 17.2 Å². The van der Waals surface area contributed by atoms with E-state index in [1.807, 2.05) is 0 Å². The molecule has 17 heavy (non-hydrogen) atoms. The predicted octanol–water partition coefficient (Wildman–Crippen LogP) is 3.67. The Bertz CT molecular complexity index is 419. The molecule has 1 rings (SSSR count). The van der Waals surface area contributed by atoms with Gasteiger partial charge in [-0.2, -0.15) is 13.2 Å². The molecule has 0 fully saturated rings. The Labute approximate surface area is 99.1 Å². The summed E-state index contributed by atoms with van der Waals surface area (Å²) in [5, 5.41) is -0.629. The Morgan fingerprint density at radius 2 is 2.00 bits per heavy atom. The third-order valence-electron chi connectivity index (χ3n) is 1.85. The molecule has 0 saturated heterocycles. The standard InChI is InChI=1S/C10H7ClF4O2/c1-2-17-9(16)8-6(11)3-5(4-7(8)12)10(13,14)15/h3-4H,2H2,1H3. The summed E-state index contributed by atoms with van der Waals surface area (Å²) in [7, 11) is 0. The molecule has 0 heterocycles. The normalized spacial score (nSPS) is 11.4. The van der Waals surface area contributed by atoms with Crippen LogP contribution in [0.4, 0.5) is 17.6 Å². The molecule has 0 bridgehead atoms. The van der Waals surface area contributed by atoms with E-state index in [0.29, 0.717) is 6.07 Å². The minimum Gasteiger partial charge on any atom is -0.462 e. The smallest absolute Gasteiger partial charge is 0.416 e. The number of esters is 1. The molecule has 0 unspecified atom stereocenters. The molecule has 1 aromatic carbocycles. The first kappa shape index (κ1) is 13.8. The monoisotopic (exact) mass is 270 g/mol. The first-order valence-electron chi connectivity index (χ1n) is 4.50. The maximum Gasteiger partial charge on any atom is 0.416 e. The quantitative estimate of drug-likeness (QED) is 0.605. The van der Waals surface area contributed by atoms with E-state index in [4.69, 9.17) is 11.6 Å². The molecule has 0 spiro atoms. The van der Waals surface area contributed by atoms with Crippen molar-refractivity contribution in [2.75, 3.05) is 6.61 Å². The van der Waals surface area contributed by atoms with E-state index in [2.05, 4.69) is 4.74 Å². The average molecular weight is 271 g/mol. The van der Waals surface area contributed by atoms with Gasteiger partial charge < -0.3 is 4.74 Å². The van der Waals surface area contributed by atoms with Crippen molar-refractivity contribution in [2.24, 2.45) is 0 Å². The number of ether oxygens (including phenoxy) is 1. The summed E-state index contributed by atoms with van der Waals surface area (Å²) < 4.78 is 54.7. The summed E-state index contributed by atoms with van der Waals surface area (Å²) in [5.74, 6) is -2.45. The van der Waals surface area contributed by atoms with E-state index >= 15 is 0 Å². The second-order valence-corrected chi connectivity index (χ2v) is 3.44. The third-order valence-corrected chi connectivity index (χ3v) is 2.15. The fraction of sp³-hybridized carbons (Fsp3) is 0.300. The van der Waals surface area contributed by atoms with Gasteiger partial charge >= 0.3 is 12.1 Å². The summed E-state index contributed by atoms with van der Waals surface area (Å²) in [6.45, 7) is 1.45. The van der Waals surface area contributed by atoms with Crippen LogP contribution in [0.3, 0.4) is 0 Å². The van der Waals surface area contributed by atoms with Crippen LogP contribution in [-0.2, 0) is 10.9 Å². The van der Waals surface area contributed by atoms with Gasteiger partial charge in [0, 0.05) is 0 Å². The number of hydrogen-bond acceptors (Lipinski definition) is 2. The molecule has 0 radical (unpaired) electrons. The van der Waals surface area contributed by atoms with Crippen molar-refractivity contribution >= 4 is 17.6 Å². The maximum atomic E-state index is 13.3. The summed E-state index contributed by atoms with van der Waals surface area (Å²) in [6.07, 6.45) is -4.72. The van der Waals surface area contributed by atoms with Crippen molar-refractivity contribution in [3.8, 4) is 0 Å². The third kappa shape index (κ3) is 3.09. The molecule has 2 nitrogen and oxygen atoms in total. The van der Waals surface area contributed by atoms with Crippen LogP contribution in [0.5, 0.6) is 0 Å². The van der Waals surface area contributed by atoms with Gasteiger partial charge in [0.15, 0.2) is 0 Å². The van der Waals surface area contributed by atoms with Crippen molar-refractivity contribution in [3.63, 3.8) is 0 Å². The Balaban J connectivity index is 3.25. The van der Waals surface area contributed by atoms with Crippen LogP contribution < -0.4 is 0 Å². The molecule has 0 aliphatic heterocycles. The molecular weight excluding hydrogens is 264 g/mol. The molecule has 0 aromatic heterocycles. The van der Waals surface area contributed by atoms with Gasteiger partial charge in [-0.05, 0) is 19.1 Å². The van der Waals surface area contributed by atoms with Gasteiger partial charge in [-0.15, -0.1) is 0 Å². The minimum atomic E-state index is -4.72. The zero-order chi connectivity index (χ0) is 13.2. The topological polar surface area (TPSA) is 26.3 Å². The average Bonchev–Trinajstić information content (AvgIpc) is 2.15. The second kappa shape index (κ2) is 4.91. The van der Waals surface area contributed by atoms with Crippen molar-refractivity contribution < 1.29 is 27.1 Å². The lowest BCUT2D eigenvalue weighted by atomic mass is 10.1. The Kier molecular flexibility index (Phi) is 3.98. The molecular formula is C10H7ClF4O2. The van der Waals surface area contributed by atoms with E-state index in [1.54, 1.807) is 0 Å². The van der Waals surface area contributed by atoms with Crippen LogP contribution in [-0.4, -0.2) is 12.6 Å². The zero-order valence-electron chi connectivity index (χ0n) is 8.57. The fourth-order valence-electron chi connectivity index (χ4n) is 1.14. The van der Waals surface area contributed by atoms with Gasteiger partial charge in [-0.3, -0.25) is 0 Å². The molecule has 0 atom stereocenters. The van der Waals surface area contributed by atoms with E-state index in [9.17, 15) is 22.4 Å². The number of carbonyl (C=O) groups excluding carboxylic acids is 1. The molecule has 7 heteroatoms. The highest BCUT2D eigenvalue weighted by Crippen LogP contribution is 2.33. The van der Waals surface area contributed by atoms with Crippen LogP contribution in [0.1, 0.15) is 22.8 Å². The second-order valence-electron chi connectivity index (χ2n) is 3.03. The number of hydrogen-bond donors (Lipinski definition) is 0. The molecule has 0 aliphatic rings. The van der Waals surface area contributed by atoms with Crippen LogP contribution in [0, 0.1) is 5.82 Å². The van der Waals surface area contributed by atoms with Crippen molar-refractivity contribution in [3.05, 3.63) is 34.1 Å². The Morgan fingerprint density at radius 1 is 1.41 bits per heavy atom. The highest BCUT2D eigenvalue weighted by Gasteiger charge is 2.33. The Morgan fingerprint density at radius 3 is 2.41 bits per heavy atom. The molecule has 0 N–H and O–H groups in total. The fourth-order valence-corrected chi connectivity index (χ4v) is 1.42. The lowest BCUT2D eigenvalue weighted by molar-refractivity contribution is -0.137. The van der Waals surface area contributed by atoms with Crippen LogP contribution in [0.2, 0.25) is 5.02 Å². The largest absolute Gasteiger partial charge is 0.462 e. The number of rotatable bonds is 2. The number of alkyl halides is 3. The van der Waals surface area contributed by atoms with Gasteiger partial charge in [0.1, 0.15) is 11.4 Å². The molecule has 0 aliphatic carbocycles. The molecule has 94 valence electrons.